The quantitative estimate of drug-likeness (QED) is 0.232. The summed E-state index contributed by atoms with van der Waals surface area (Å²) >= 11 is 0. The number of nitrogens with zero attached hydrogens (tertiary/aromatic N) is 6. The molecule has 46 heavy (non-hydrogen) atoms. The maximum Gasteiger partial charge on any atom is 0.422 e. The standard InChI is InChI=1S/C31H34F3N7O5/c1-5-15-40-27(42)23-18-35-28(36-20-9-11-21(12-10-20)44-19-31(32,33)34)38-26(23)41(40)24-7-6-8-25(37-24)45-22-13-16-39(17-14-22)29(43)46-30(2,3)4/h5-12,18,22H,1,13-17,19H2,2-4H3,(H,35,36,38). The number of amides is 1. The lowest BCUT2D eigenvalue weighted by Gasteiger charge is -2.33. The summed E-state index contributed by atoms with van der Waals surface area (Å²) in [6.45, 7) is 8.97. The molecule has 1 amide bonds. The minimum Gasteiger partial charge on any atom is -0.484 e. The van der Waals surface area contributed by atoms with Gasteiger partial charge >= 0.3 is 12.3 Å². The van der Waals surface area contributed by atoms with E-state index in [1.165, 1.54) is 35.1 Å². The fourth-order valence-electron chi connectivity index (χ4n) is 4.78. The van der Waals surface area contributed by atoms with Crippen molar-refractivity contribution in [2.24, 2.45) is 0 Å². The lowest BCUT2D eigenvalue weighted by Crippen LogP contribution is -2.44. The molecule has 12 nitrogen and oxygen atoms in total. The van der Waals surface area contributed by atoms with Crippen LogP contribution in [0.5, 0.6) is 11.6 Å². The molecule has 1 aliphatic heterocycles. The molecule has 244 valence electrons. The molecule has 0 atom stereocenters. The van der Waals surface area contributed by atoms with Crippen LogP contribution in [0.1, 0.15) is 33.6 Å². The predicted octanol–water partition coefficient (Wildman–Crippen LogP) is 5.63. The molecule has 15 heteroatoms. The van der Waals surface area contributed by atoms with Gasteiger partial charge < -0.3 is 24.4 Å². The van der Waals surface area contributed by atoms with Crippen molar-refractivity contribution in [3.05, 3.63) is 71.7 Å². The number of carbonyl (C=O) groups excluding carboxylic acids is 1. The molecule has 3 aromatic heterocycles. The van der Waals surface area contributed by atoms with Gasteiger partial charge in [-0.3, -0.25) is 4.79 Å². The molecule has 4 heterocycles. The van der Waals surface area contributed by atoms with Crippen molar-refractivity contribution in [1.29, 1.82) is 0 Å². The van der Waals surface area contributed by atoms with Gasteiger partial charge in [0.15, 0.2) is 18.1 Å². The highest BCUT2D eigenvalue weighted by Crippen LogP contribution is 2.24. The average molecular weight is 642 g/mol. The van der Waals surface area contributed by atoms with E-state index in [0.29, 0.717) is 43.3 Å². The van der Waals surface area contributed by atoms with Crippen molar-refractivity contribution in [2.75, 3.05) is 25.0 Å². The molecule has 1 aliphatic rings. The minimum absolute atomic E-state index is 0.0522. The van der Waals surface area contributed by atoms with E-state index in [-0.39, 0.29) is 47.0 Å². The van der Waals surface area contributed by atoms with Crippen LogP contribution in [-0.4, -0.2) is 72.9 Å². The Morgan fingerprint density at radius 2 is 1.80 bits per heavy atom. The van der Waals surface area contributed by atoms with Crippen LogP contribution in [0.3, 0.4) is 0 Å². The maximum absolute atomic E-state index is 13.3. The Morgan fingerprint density at radius 1 is 1.09 bits per heavy atom. The van der Waals surface area contributed by atoms with Crippen molar-refractivity contribution in [3.63, 3.8) is 0 Å². The molecule has 0 aliphatic carbocycles. The fourth-order valence-corrected chi connectivity index (χ4v) is 4.78. The van der Waals surface area contributed by atoms with Gasteiger partial charge in [-0.15, -0.1) is 6.58 Å². The predicted molar refractivity (Wildman–Crippen MR) is 164 cm³/mol. The summed E-state index contributed by atoms with van der Waals surface area (Å²) in [6.07, 6.45) is -0.824. The van der Waals surface area contributed by atoms with Gasteiger partial charge in [0.1, 0.15) is 22.8 Å². The number of ether oxygens (including phenoxy) is 3. The number of hydrogen-bond acceptors (Lipinski definition) is 9. The number of likely N-dealkylation sites (tertiary alicyclic amines) is 1. The highest BCUT2D eigenvalue weighted by molar-refractivity contribution is 5.77. The van der Waals surface area contributed by atoms with Crippen LogP contribution < -0.4 is 20.3 Å². The number of alkyl halides is 3. The van der Waals surface area contributed by atoms with E-state index in [9.17, 15) is 22.8 Å². The second kappa shape index (κ2) is 13.1. The highest BCUT2D eigenvalue weighted by atomic mass is 19.4. The fraction of sp³-hybridized carbons (Fsp3) is 0.387. The second-order valence-corrected chi connectivity index (χ2v) is 11.6. The molecular weight excluding hydrogens is 607 g/mol. The number of anilines is 2. The summed E-state index contributed by atoms with van der Waals surface area (Å²) in [5.41, 5.74) is -0.168. The lowest BCUT2D eigenvalue weighted by molar-refractivity contribution is -0.153. The molecule has 0 spiro atoms. The van der Waals surface area contributed by atoms with E-state index in [0.717, 1.165) is 0 Å². The topological polar surface area (TPSA) is 126 Å². The molecular formula is C31H34F3N7O5. The molecule has 1 saturated heterocycles. The Bertz CT molecular complexity index is 1760. The minimum atomic E-state index is -4.44. The maximum atomic E-state index is 13.3. The molecule has 0 bridgehead atoms. The molecule has 1 N–H and O–H groups in total. The Morgan fingerprint density at radius 3 is 2.46 bits per heavy atom. The van der Waals surface area contributed by atoms with Crippen LogP contribution in [0.15, 0.2) is 66.1 Å². The third kappa shape index (κ3) is 7.95. The monoisotopic (exact) mass is 641 g/mol. The van der Waals surface area contributed by atoms with Gasteiger partial charge in [-0.1, -0.05) is 12.1 Å². The number of benzene rings is 1. The van der Waals surface area contributed by atoms with Crippen molar-refractivity contribution in [1.82, 2.24) is 29.2 Å². The molecule has 1 fully saturated rings. The SMILES string of the molecule is C=CCn1c(=O)c2cnc(Nc3ccc(OCC(F)(F)F)cc3)nc2n1-c1cccc(OC2CCN(C(=O)OC(C)(C)C)CC2)n1. The number of piperidine rings is 1. The number of hydrogen-bond donors (Lipinski definition) is 1. The number of rotatable bonds is 9. The van der Waals surface area contributed by atoms with Crippen molar-refractivity contribution >= 4 is 28.8 Å². The molecule has 0 unspecified atom stereocenters. The van der Waals surface area contributed by atoms with E-state index in [4.69, 9.17) is 14.2 Å². The van der Waals surface area contributed by atoms with Crippen LogP contribution >= 0.6 is 0 Å². The van der Waals surface area contributed by atoms with Crippen LogP contribution in [0.2, 0.25) is 0 Å². The summed E-state index contributed by atoms with van der Waals surface area (Å²) in [7, 11) is 0. The summed E-state index contributed by atoms with van der Waals surface area (Å²) in [4.78, 5) is 40.9. The summed E-state index contributed by atoms with van der Waals surface area (Å²) < 4.78 is 56.8. The van der Waals surface area contributed by atoms with Crippen LogP contribution in [0.25, 0.3) is 16.9 Å². The van der Waals surface area contributed by atoms with Gasteiger partial charge in [-0.05, 0) is 51.1 Å². The molecule has 0 saturated carbocycles. The summed E-state index contributed by atoms with van der Waals surface area (Å²) in [5, 5.41) is 3.24. The van der Waals surface area contributed by atoms with E-state index < -0.39 is 18.4 Å². The number of fused-ring (bicyclic) bond motifs is 1. The average Bonchev–Trinajstić information content (AvgIpc) is 3.26. The number of halogens is 3. The first-order valence-corrected chi connectivity index (χ1v) is 14.6. The van der Waals surface area contributed by atoms with E-state index in [2.05, 4.69) is 26.8 Å². The number of allylic oxidation sites excluding steroid dienone is 1. The Labute approximate surface area is 262 Å². The third-order valence-corrected chi connectivity index (χ3v) is 6.80. The van der Waals surface area contributed by atoms with E-state index in [1.807, 2.05) is 20.8 Å². The van der Waals surface area contributed by atoms with Crippen molar-refractivity contribution < 1.29 is 32.2 Å². The largest absolute Gasteiger partial charge is 0.484 e. The summed E-state index contributed by atoms with van der Waals surface area (Å²) in [6, 6.07) is 11.0. The van der Waals surface area contributed by atoms with Crippen LogP contribution in [0, 0.1) is 0 Å². The number of pyridine rings is 1. The van der Waals surface area contributed by atoms with Crippen LogP contribution in [-0.2, 0) is 11.3 Å². The number of aromatic nitrogens is 5. The Balaban J connectivity index is 1.35. The zero-order valence-corrected chi connectivity index (χ0v) is 25.6. The van der Waals surface area contributed by atoms with Gasteiger partial charge in [-0.2, -0.15) is 23.1 Å². The smallest absolute Gasteiger partial charge is 0.422 e. The Kier molecular flexibility index (Phi) is 9.21. The molecule has 4 aromatic rings. The van der Waals surface area contributed by atoms with E-state index in [1.54, 1.807) is 33.9 Å². The van der Waals surface area contributed by atoms with Crippen LogP contribution in [0.4, 0.5) is 29.6 Å². The van der Waals surface area contributed by atoms with Crippen molar-refractivity contribution in [3.8, 4) is 17.4 Å². The first-order chi connectivity index (χ1) is 21.8. The number of carbonyl (C=O) groups is 1. The molecule has 0 radical (unpaired) electrons. The van der Waals surface area contributed by atoms with Gasteiger partial charge in [0.05, 0.1) is 6.54 Å². The van der Waals surface area contributed by atoms with Gasteiger partial charge in [0, 0.05) is 43.9 Å². The van der Waals surface area contributed by atoms with Gasteiger partial charge in [0.25, 0.3) is 5.56 Å². The van der Waals surface area contributed by atoms with Gasteiger partial charge in [-0.25, -0.2) is 19.1 Å². The first-order valence-electron chi connectivity index (χ1n) is 14.6. The summed E-state index contributed by atoms with van der Waals surface area (Å²) in [5.74, 6) is 0.905. The zero-order valence-electron chi connectivity index (χ0n) is 25.6. The molecule has 1 aromatic carbocycles. The lowest BCUT2D eigenvalue weighted by atomic mass is 10.1. The first kappa shape index (κ1) is 32.3. The van der Waals surface area contributed by atoms with E-state index >= 15 is 0 Å². The Hall–Kier alpha value is -5.08. The second-order valence-electron chi connectivity index (χ2n) is 11.6. The third-order valence-electron chi connectivity index (χ3n) is 6.80. The highest BCUT2D eigenvalue weighted by Gasteiger charge is 2.29. The van der Waals surface area contributed by atoms with Gasteiger partial charge in [0.2, 0.25) is 11.8 Å². The van der Waals surface area contributed by atoms with Crippen molar-refractivity contribution in [2.45, 2.75) is 58.0 Å². The zero-order chi connectivity index (χ0) is 33.1. The normalized spacial score (nSPS) is 14.3. The molecule has 5 rings (SSSR count). The number of nitrogens with one attached hydrogen (secondary N) is 1.